The van der Waals surface area contributed by atoms with E-state index in [9.17, 15) is 9.59 Å². The van der Waals surface area contributed by atoms with Crippen molar-refractivity contribution in [1.29, 1.82) is 0 Å². The highest BCUT2D eigenvalue weighted by Crippen LogP contribution is 2.27. The van der Waals surface area contributed by atoms with Crippen LogP contribution in [0, 0.1) is 5.92 Å². The Morgan fingerprint density at radius 1 is 0.938 bits per heavy atom. The summed E-state index contributed by atoms with van der Waals surface area (Å²) in [4.78, 5) is 42.7. The molecular formula is C23H28N6O3. The van der Waals surface area contributed by atoms with Gasteiger partial charge in [-0.2, -0.15) is 4.98 Å². The Morgan fingerprint density at radius 3 is 2.44 bits per heavy atom. The van der Waals surface area contributed by atoms with E-state index in [4.69, 9.17) is 9.72 Å². The third kappa shape index (κ3) is 4.25. The van der Waals surface area contributed by atoms with Crippen molar-refractivity contribution in [1.82, 2.24) is 14.9 Å². The van der Waals surface area contributed by atoms with Gasteiger partial charge in [0.15, 0.2) is 0 Å². The molecule has 1 atom stereocenters. The second kappa shape index (κ2) is 9.12. The summed E-state index contributed by atoms with van der Waals surface area (Å²) in [5, 5.41) is 0. The molecule has 3 saturated heterocycles. The molecule has 4 heterocycles. The summed E-state index contributed by atoms with van der Waals surface area (Å²) < 4.78 is 5.41. The maximum Gasteiger partial charge on any atom is 0.228 e. The second-order valence-corrected chi connectivity index (χ2v) is 8.37. The molecule has 0 aliphatic carbocycles. The molecule has 0 radical (unpaired) electrons. The molecule has 3 fully saturated rings. The predicted octanol–water partition coefficient (Wildman–Crippen LogP) is 1.01. The first-order valence-electron chi connectivity index (χ1n) is 11.2. The molecule has 0 spiro atoms. The molecule has 0 N–H and O–H groups in total. The zero-order chi connectivity index (χ0) is 21.9. The lowest BCUT2D eigenvalue weighted by atomic mass is 10.1. The van der Waals surface area contributed by atoms with Gasteiger partial charge >= 0.3 is 0 Å². The minimum Gasteiger partial charge on any atom is -0.378 e. The fraction of sp³-hybridized carbons (Fsp3) is 0.478. The number of rotatable bonds is 4. The smallest absolute Gasteiger partial charge is 0.228 e. The third-order valence-electron chi connectivity index (χ3n) is 6.38. The number of carbonyl (C=O) groups excluding carboxylic acids is 2. The molecule has 1 aromatic heterocycles. The molecule has 32 heavy (non-hydrogen) atoms. The third-order valence-corrected chi connectivity index (χ3v) is 6.38. The van der Waals surface area contributed by atoms with E-state index < -0.39 is 0 Å². The summed E-state index contributed by atoms with van der Waals surface area (Å²) in [6.07, 6.45) is 2.08. The Balaban J connectivity index is 1.18. The zero-order valence-corrected chi connectivity index (χ0v) is 18.1. The maximum atomic E-state index is 13.1. The number of hydrogen-bond acceptors (Lipinski definition) is 7. The number of hydrogen-bond donors (Lipinski definition) is 0. The average molecular weight is 437 g/mol. The van der Waals surface area contributed by atoms with E-state index in [1.807, 2.05) is 41.3 Å². The molecule has 168 valence electrons. The van der Waals surface area contributed by atoms with Crippen LogP contribution in [-0.2, 0) is 14.3 Å². The Labute approximate surface area is 187 Å². The average Bonchev–Trinajstić information content (AvgIpc) is 3.26. The molecule has 9 nitrogen and oxygen atoms in total. The SMILES string of the molecule is O=C(C1CC(=O)N(c2ccccc2)C1)N1CCN(c2ccnc(N3CCOCC3)n2)CC1. The van der Waals surface area contributed by atoms with Gasteiger partial charge in [-0.25, -0.2) is 4.98 Å². The molecule has 0 saturated carbocycles. The Hall–Kier alpha value is -3.20. The van der Waals surface area contributed by atoms with E-state index in [1.54, 1.807) is 11.1 Å². The summed E-state index contributed by atoms with van der Waals surface area (Å²) in [7, 11) is 0. The van der Waals surface area contributed by atoms with E-state index in [-0.39, 0.29) is 24.2 Å². The number of aromatic nitrogens is 2. The van der Waals surface area contributed by atoms with E-state index in [1.165, 1.54) is 0 Å². The van der Waals surface area contributed by atoms with Gasteiger partial charge in [0, 0.05) is 64.1 Å². The number of ether oxygens (including phenoxy) is 1. The molecule has 2 amide bonds. The van der Waals surface area contributed by atoms with Gasteiger partial charge in [0.2, 0.25) is 17.8 Å². The van der Waals surface area contributed by atoms with Crippen LogP contribution in [0.2, 0.25) is 0 Å². The van der Waals surface area contributed by atoms with Crippen molar-refractivity contribution >= 4 is 29.3 Å². The number of anilines is 3. The summed E-state index contributed by atoms with van der Waals surface area (Å²) in [6.45, 7) is 6.13. The monoisotopic (exact) mass is 436 g/mol. The first-order valence-corrected chi connectivity index (χ1v) is 11.2. The van der Waals surface area contributed by atoms with Crippen LogP contribution in [0.3, 0.4) is 0 Å². The quantitative estimate of drug-likeness (QED) is 0.708. The molecule has 0 bridgehead atoms. The van der Waals surface area contributed by atoms with Crippen LogP contribution in [0.1, 0.15) is 6.42 Å². The predicted molar refractivity (Wildman–Crippen MR) is 121 cm³/mol. The number of amides is 2. The number of carbonyl (C=O) groups is 2. The van der Waals surface area contributed by atoms with Crippen LogP contribution in [0.15, 0.2) is 42.6 Å². The van der Waals surface area contributed by atoms with Crippen LogP contribution >= 0.6 is 0 Å². The van der Waals surface area contributed by atoms with Crippen molar-refractivity contribution in [3.05, 3.63) is 42.6 Å². The fourth-order valence-corrected chi connectivity index (χ4v) is 4.58. The largest absolute Gasteiger partial charge is 0.378 e. The number of piperazine rings is 1. The highest BCUT2D eigenvalue weighted by molar-refractivity contribution is 6.00. The minimum atomic E-state index is -0.277. The number of para-hydroxylation sites is 1. The Morgan fingerprint density at radius 2 is 1.69 bits per heavy atom. The standard InChI is InChI=1S/C23H28N6O3/c30-21-16-18(17-29(21)19-4-2-1-3-5-19)22(31)27-10-8-26(9-11-27)20-6-7-24-23(25-20)28-12-14-32-15-13-28/h1-7,18H,8-17H2. The van der Waals surface area contributed by atoms with Crippen LogP contribution in [-0.4, -0.2) is 85.7 Å². The normalized spacial score (nSPS) is 21.9. The molecule has 2 aromatic rings. The molecule has 3 aliphatic rings. The Bertz CT molecular complexity index is 957. The van der Waals surface area contributed by atoms with Gasteiger partial charge in [0.05, 0.1) is 19.1 Å². The van der Waals surface area contributed by atoms with E-state index in [0.717, 1.165) is 30.5 Å². The zero-order valence-electron chi connectivity index (χ0n) is 18.1. The molecular weight excluding hydrogens is 408 g/mol. The highest BCUT2D eigenvalue weighted by Gasteiger charge is 2.38. The van der Waals surface area contributed by atoms with Gasteiger partial charge in [-0.05, 0) is 18.2 Å². The van der Waals surface area contributed by atoms with Crippen molar-refractivity contribution in [2.45, 2.75) is 6.42 Å². The number of benzene rings is 1. The minimum absolute atomic E-state index is 0.0183. The lowest BCUT2D eigenvalue weighted by Gasteiger charge is -2.36. The molecule has 1 unspecified atom stereocenters. The van der Waals surface area contributed by atoms with E-state index in [2.05, 4.69) is 14.8 Å². The number of nitrogens with zero attached hydrogens (tertiary/aromatic N) is 6. The van der Waals surface area contributed by atoms with Gasteiger partial charge in [-0.1, -0.05) is 18.2 Å². The second-order valence-electron chi connectivity index (χ2n) is 8.37. The highest BCUT2D eigenvalue weighted by atomic mass is 16.5. The van der Waals surface area contributed by atoms with Crippen molar-refractivity contribution in [2.75, 3.05) is 73.7 Å². The number of morpholine rings is 1. The first-order chi connectivity index (χ1) is 15.7. The van der Waals surface area contributed by atoms with Gasteiger partial charge in [-0.15, -0.1) is 0 Å². The van der Waals surface area contributed by atoms with E-state index in [0.29, 0.717) is 45.9 Å². The van der Waals surface area contributed by atoms with Crippen LogP contribution in [0.25, 0.3) is 0 Å². The van der Waals surface area contributed by atoms with Gasteiger partial charge in [-0.3, -0.25) is 9.59 Å². The molecule has 3 aliphatic heterocycles. The fourth-order valence-electron chi connectivity index (χ4n) is 4.58. The first kappa shape index (κ1) is 20.7. The summed E-state index contributed by atoms with van der Waals surface area (Å²) >= 11 is 0. The van der Waals surface area contributed by atoms with Crippen molar-refractivity contribution in [2.24, 2.45) is 5.92 Å². The van der Waals surface area contributed by atoms with Crippen LogP contribution < -0.4 is 14.7 Å². The molecule has 1 aromatic carbocycles. The lowest BCUT2D eigenvalue weighted by Crippen LogP contribution is -2.51. The van der Waals surface area contributed by atoms with Crippen LogP contribution in [0.5, 0.6) is 0 Å². The van der Waals surface area contributed by atoms with E-state index >= 15 is 0 Å². The van der Waals surface area contributed by atoms with Gasteiger partial charge < -0.3 is 24.3 Å². The molecule has 9 heteroatoms. The van der Waals surface area contributed by atoms with Crippen molar-refractivity contribution in [3.63, 3.8) is 0 Å². The topological polar surface area (TPSA) is 82.1 Å². The Kier molecular flexibility index (Phi) is 5.89. The molecule has 5 rings (SSSR count). The van der Waals surface area contributed by atoms with Gasteiger partial charge in [0.1, 0.15) is 5.82 Å². The van der Waals surface area contributed by atoms with Crippen molar-refractivity contribution in [3.8, 4) is 0 Å². The maximum absolute atomic E-state index is 13.1. The van der Waals surface area contributed by atoms with Gasteiger partial charge in [0.25, 0.3) is 0 Å². The van der Waals surface area contributed by atoms with Crippen molar-refractivity contribution < 1.29 is 14.3 Å². The lowest BCUT2D eigenvalue weighted by molar-refractivity contribution is -0.136. The summed E-state index contributed by atoms with van der Waals surface area (Å²) in [5.74, 6) is 1.44. The van der Waals surface area contributed by atoms with Crippen LogP contribution in [0.4, 0.5) is 17.5 Å². The summed E-state index contributed by atoms with van der Waals surface area (Å²) in [6, 6.07) is 11.5. The summed E-state index contributed by atoms with van der Waals surface area (Å²) in [5.41, 5.74) is 0.859.